The van der Waals surface area contributed by atoms with Gasteiger partial charge in [-0.25, -0.2) is 9.99 Å². The number of hydrogen-bond acceptors (Lipinski definition) is 4. The maximum Gasteiger partial charge on any atom is 0.328 e. The lowest BCUT2D eigenvalue weighted by Gasteiger charge is -1.85. The monoisotopic (exact) mass is 108 g/mol. The van der Waals surface area contributed by atoms with Gasteiger partial charge in [0, 0.05) is 0 Å². The Hall–Kier alpha value is -0.0200. The SMILES string of the molecule is NNCOP=O. The first-order valence-electron chi connectivity index (χ1n) is 1.30. The molecule has 36 valence electrons. The molecule has 0 aliphatic carbocycles. The van der Waals surface area contributed by atoms with Crippen molar-refractivity contribution in [2.45, 2.75) is 0 Å². The predicted octanol–water partition coefficient (Wildman–Crippen LogP) is -0.369. The van der Waals surface area contributed by atoms with Crippen LogP contribution in [0.1, 0.15) is 0 Å². The van der Waals surface area contributed by atoms with E-state index in [1.807, 2.05) is 0 Å². The second-order valence-electron chi connectivity index (χ2n) is 0.552. The highest BCUT2D eigenvalue weighted by Crippen LogP contribution is 1.87. The molecule has 0 fully saturated rings. The minimum Gasteiger partial charge on any atom is -0.277 e. The third-order valence-corrected chi connectivity index (χ3v) is 0.435. The summed E-state index contributed by atoms with van der Waals surface area (Å²) in [5.41, 5.74) is 2.14. The van der Waals surface area contributed by atoms with Crippen LogP contribution in [-0.2, 0) is 9.09 Å². The molecule has 0 bridgehead atoms. The van der Waals surface area contributed by atoms with E-state index in [-0.39, 0.29) is 15.4 Å². The van der Waals surface area contributed by atoms with Crippen molar-refractivity contribution < 1.29 is 9.09 Å². The molecular formula is CH5N2O2P. The van der Waals surface area contributed by atoms with Crippen LogP contribution >= 0.6 is 8.69 Å². The number of nitrogens with two attached hydrogens (primary N) is 1. The normalized spacial score (nSPS) is 9.50. The van der Waals surface area contributed by atoms with Crippen molar-refractivity contribution in [3.05, 3.63) is 0 Å². The Bertz CT molecular complexity index is 40.5. The highest BCUT2D eigenvalue weighted by Gasteiger charge is 1.72. The standard InChI is InChI=1S/CH5N2O2P/c2-3-1-5-6-4/h3H,1-2H2. The molecule has 3 N–H and O–H groups in total. The van der Waals surface area contributed by atoms with E-state index in [1.54, 1.807) is 0 Å². The average molecular weight is 108 g/mol. The molecule has 0 heterocycles. The van der Waals surface area contributed by atoms with E-state index in [9.17, 15) is 4.57 Å². The Morgan fingerprint density at radius 1 is 2.00 bits per heavy atom. The van der Waals surface area contributed by atoms with Crippen LogP contribution in [0.5, 0.6) is 0 Å². The maximum absolute atomic E-state index is 9.34. The number of rotatable bonds is 3. The fourth-order valence-electron chi connectivity index (χ4n) is 0.0636. The van der Waals surface area contributed by atoms with Crippen LogP contribution in [0.25, 0.3) is 0 Å². The molecule has 0 aromatic rings. The predicted molar refractivity (Wildman–Crippen MR) is 20.9 cm³/mol. The van der Waals surface area contributed by atoms with Gasteiger partial charge in [-0.1, -0.05) is 0 Å². The molecule has 0 aromatic carbocycles. The molecule has 0 amide bonds. The molecule has 0 aliphatic rings. The van der Waals surface area contributed by atoms with E-state index in [4.69, 9.17) is 5.84 Å². The van der Waals surface area contributed by atoms with Crippen molar-refractivity contribution in [2.24, 2.45) is 5.84 Å². The summed E-state index contributed by atoms with van der Waals surface area (Å²) in [6.07, 6.45) is 0. The van der Waals surface area contributed by atoms with Crippen LogP contribution in [-0.4, -0.2) is 6.73 Å². The summed E-state index contributed by atoms with van der Waals surface area (Å²) < 4.78 is 13.5. The molecule has 4 nitrogen and oxygen atoms in total. The third-order valence-electron chi connectivity index (χ3n) is 0.201. The van der Waals surface area contributed by atoms with Gasteiger partial charge in [0.2, 0.25) is 0 Å². The van der Waals surface area contributed by atoms with Crippen molar-refractivity contribution in [3.8, 4) is 0 Å². The van der Waals surface area contributed by atoms with Gasteiger partial charge in [-0.05, 0) is 0 Å². The van der Waals surface area contributed by atoms with E-state index in [1.165, 1.54) is 0 Å². The minimum absolute atomic E-state index is 0.116. The fraction of sp³-hybridized carbons (Fsp3) is 1.00. The number of nitrogens with one attached hydrogen (secondary N) is 1. The van der Waals surface area contributed by atoms with Gasteiger partial charge in [-0.2, -0.15) is 0 Å². The Morgan fingerprint density at radius 3 is 2.83 bits per heavy atom. The summed E-state index contributed by atoms with van der Waals surface area (Å²) in [7, 11) is -0.347. The summed E-state index contributed by atoms with van der Waals surface area (Å²) in [5, 5.41) is 0. The second-order valence-corrected chi connectivity index (χ2v) is 0.959. The number of hydrazine groups is 1. The Labute approximate surface area is 36.9 Å². The van der Waals surface area contributed by atoms with Crippen LogP contribution in [0.4, 0.5) is 0 Å². The van der Waals surface area contributed by atoms with Gasteiger partial charge in [0.15, 0.2) is 0 Å². The first-order valence-corrected chi connectivity index (χ1v) is 2.03. The van der Waals surface area contributed by atoms with Gasteiger partial charge < -0.3 is 0 Å². The van der Waals surface area contributed by atoms with Gasteiger partial charge in [0.25, 0.3) is 0 Å². The Balaban J connectivity index is 2.49. The van der Waals surface area contributed by atoms with E-state index in [0.29, 0.717) is 0 Å². The molecule has 0 aliphatic heterocycles. The lowest BCUT2D eigenvalue weighted by Crippen LogP contribution is -2.22. The molecule has 0 saturated heterocycles. The summed E-state index contributed by atoms with van der Waals surface area (Å²) >= 11 is 0. The van der Waals surface area contributed by atoms with Crippen LogP contribution < -0.4 is 11.3 Å². The largest absolute Gasteiger partial charge is 0.328 e. The smallest absolute Gasteiger partial charge is 0.277 e. The summed E-state index contributed by atoms with van der Waals surface area (Å²) in [6, 6.07) is 0. The molecule has 0 spiro atoms. The van der Waals surface area contributed by atoms with Crippen molar-refractivity contribution >= 4 is 8.69 Å². The average Bonchev–Trinajstić information content (AvgIpc) is 1.61. The Morgan fingerprint density at radius 2 is 2.67 bits per heavy atom. The summed E-state index contributed by atoms with van der Waals surface area (Å²) in [4.78, 5) is 0. The third kappa shape index (κ3) is 3.98. The molecule has 0 aromatic heterocycles. The zero-order valence-corrected chi connectivity index (χ0v) is 3.94. The minimum atomic E-state index is -0.347. The van der Waals surface area contributed by atoms with Crippen molar-refractivity contribution in [3.63, 3.8) is 0 Å². The molecule has 0 atom stereocenters. The quantitative estimate of drug-likeness (QED) is 0.170. The van der Waals surface area contributed by atoms with Crippen LogP contribution in [0.3, 0.4) is 0 Å². The van der Waals surface area contributed by atoms with Gasteiger partial charge >= 0.3 is 8.69 Å². The zero-order valence-electron chi connectivity index (χ0n) is 3.05. The van der Waals surface area contributed by atoms with Crippen LogP contribution in [0, 0.1) is 0 Å². The summed E-state index contributed by atoms with van der Waals surface area (Å²) in [6.45, 7) is 0.116. The highest BCUT2D eigenvalue weighted by molar-refractivity contribution is 7.17. The lowest BCUT2D eigenvalue weighted by atomic mass is 11.4. The van der Waals surface area contributed by atoms with Crippen molar-refractivity contribution in [2.75, 3.05) is 6.73 Å². The highest BCUT2D eigenvalue weighted by atomic mass is 31.1. The van der Waals surface area contributed by atoms with Crippen LogP contribution in [0.2, 0.25) is 0 Å². The van der Waals surface area contributed by atoms with Gasteiger partial charge in [0.05, 0.1) is 0 Å². The van der Waals surface area contributed by atoms with Crippen molar-refractivity contribution in [1.29, 1.82) is 0 Å². The lowest BCUT2D eigenvalue weighted by molar-refractivity contribution is 0.310. The van der Waals surface area contributed by atoms with E-state index in [0.717, 1.165) is 0 Å². The number of hydrogen-bond donors (Lipinski definition) is 2. The molecule has 6 heavy (non-hydrogen) atoms. The molecule has 0 radical (unpaired) electrons. The zero-order chi connectivity index (χ0) is 4.83. The first kappa shape index (κ1) is 5.98. The van der Waals surface area contributed by atoms with Crippen molar-refractivity contribution in [1.82, 2.24) is 5.43 Å². The van der Waals surface area contributed by atoms with Gasteiger partial charge in [-0.3, -0.25) is 10.4 Å². The van der Waals surface area contributed by atoms with E-state index < -0.39 is 0 Å². The maximum atomic E-state index is 9.34. The van der Waals surface area contributed by atoms with E-state index in [2.05, 4.69) is 9.95 Å². The first-order chi connectivity index (χ1) is 2.91. The molecule has 0 saturated carbocycles. The molecular weight excluding hydrogens is 103 g/mol. The van der Waals surface area contributed by atoms with Gasteiger partial charge in [-0.15, -0.1) is 0 Å². The summed E-state index contributed by atoms with van der Waals surface area (Å²) in [5.74, 6) is 4.70. The molecule has 0 rings (SSSR count). The van der Waals surface area contributed by atoms with E-state index >= 15 is 0 Å². The second kappa shape index (κ2) is 4.98. The molecule has 0 unspecified atom stereocenters. The van der Waals surface area contributed by atoms with Crippen LogP contribution in [0.15, 0.2) is 0 Å². The fourth-order valence-corrected chi connectivity index (χ4v) is 0.191. The Kier molecular flexibility index (Phi) is 4.96. The molecule has 5 heteroatoms. The topological polar surface area (TPSA) is 64.3 Å². The van der Waals surface area contributed by atoms with Gasteiger partial charge in [0.1, 0.15) is 6.73 Å².